The zero-order valence-corrected chi connectivity index (χ0v) is 13.5. The maximum Gasteiger partial charge on any atom is 0.320 e. The molecule has 5 nitrogen and oxygen atoms in total. The lowest BCUT2D eigenvalue weighted by molar-refractivity contribution is -0.162. The van der Waals surface area contributed by atoms with Crippen LogP contribution in [0.4, 0.5) is 0 Å². The Bertz CT molecular complexity index is 575. The van der Waals surface area contributed by atoms with Gasteiger partial charge < -0.3 is 9.47 Å². The molecule has 1 unspecified atom stereocenters. The van der Waals surface area contributed by atoms with Crippen LogP contribution in [-0.2, 0) is 25.5 Å². The van der Waals surface area contributed by atoms with Gasteiger partial charge in [-0.2, -0.15) is 0 Å². The van der Waals surface area contributed by atoms with Gasteiger partial charge >= 0.3 is 11.9 Å². The zero-order chi connectivity index (χ0) is 16.8. The summed E-state index contributed by atoms with van der Waals surface area (Å²) in [6.45, 7) is 3.75. The maximum absolute atomic E-state index is 12.6. The van der Waals surface area contributed by atoms with Gasteiger partial charge in [-0.25, -0.2) is 0 Å². The number of fused-ring (bicyclic) bond motifs is 1. The molecule has 0 radical (unpaired) electrons. The standard InChI is InChI=1S/C18H22O5/c1-3-22-17(20)15(18(21)23-4-2)11-13-10-9-12-7-5-6-8-14(12)16(13)19/h5-8,13,15H,3-4,9-11H2,1-2H3. The van der Waals surface area contributed by atoms with E-state index in [1.165, 1.54) is 0 Å². The van der Waals surface area contributed by atoms with E-state index in [2.05, 4.69) is 0 Å². The predicted octanol–water partition coefficient (Wildman–Crippen LogP) is 2.56. The molecule has 23 heavy (non-hydrogen) atoms. The van der Waals surface area contributed by atoms with Crippen molar-refractivity contribution in [1.29, 1.82) is 0 Å². The highest BCUT2D eigenvalue weighted by Gasteiger charge is 2.36. The molecule has 1 aliphatic rings. The molecule has 0 heterocycles. The number of Topliss-reactive ketones (excluding diaryl/α,β-unsaturated/α-hetero) is 1. The van der Waals surface area contributed by atoms with E-state index in [0.29, 0.717) is 12.0 Å². The number of benzene rings is 1. The van der Waals surface area contributed by atoms with Crippen LogP contribution >= 0.6 is 0 Å². The summed E-state index contributed by atoms with van der Waals surface area (Å²) < 4.78 is 9.93. The minimum absolute atomic E-state index is 0.00885. The summed E-state index contributed by atoms with van der Waals surface area (Å²) in [4.78, 5) is 36.7. The lowest BCUT2D eigenvalue weighted by Crippen LogP contribution is -2.33. The van der Waals surface area contributed by atoms with E-state index in [-0.39, 0.29) is 31.3 Å². The van der Waals surface area contributed by atoms with Crippen molar-refractivity contribution in [2.24, 2.45) is 11.8 Å². The highest BCUT2D eigenvalue weighted by molar-refractivity contribution is 6.01. The van der Waals surface area contributed by atoms with Crippen molar-refractivity contribution in [2.75, 3.05) is 13.2 Å². The Morgan fingerprint density at radius 1 is 1.13 bits per heavy atom. The van der Waals surface area contributed by atoms with Gasteiger partial charge in [0.2, 0.25) is 0 Å². The third kappa shape index (κ3) is 3.97. The first-order chi connectivity index (χ1) is 11.1. The van der Waals surface area contributed by atoms with Crippen LogP contribution in [-0.4, -0.2) is 30.9 Å². The first-order valence-electron chi connectivity index (χ1n) is 8.03. The van der Waals surface area contributed by atoms with Gasteiger partial charge in [-0.1, -0.05) is 24.3 Å². The molecule has 0 aromatic heterocycles. The summed E-state index contributed by atoms with van der Waals surface area (Å²) in [5.41, 5.74) is 1.72. The van der Waals surface area contributed by atoms with Gasteiger partial charge in [0.15, 0.2) is 11.7 Å². The summed E-state index contributed by atoms with van der Waals surface area (Å²) in [6, 6.07) is 7.48. The molecule has 1 aromatic rings. The van der Waals surface area contributed by atoms with Crippen molar-refractivity contribution >= 4 is 17.7 Å². The third-order valence-corrected chi connectivity index (χ3v) is 4.08. The monoisotopic (exact) mass is 318 g/mol. The van der Waals surface area contributed by atoms with Crippen molar-refractivity contribution in [3.8, 4) is 0 Å². The number of carbonyl (C=O) groups excluding carboxylic acids is 3. The fourth-order valence-corrected chi connectivity index (χ4v) is 2.94. The van der Waals surface area contributed by atoms with Gasteiger partial charge in [0.25, 0.3) is 0 Å². The van der Waals surface area contributed by atoms with E-state index >= 15 is 0 Å². The SMILES string of the molecule is CCOC(=O)C(CC1CCc2ccccc2C1=O)C(=O)OCC. The Hall–Kier alpha value is -2.17. The van der Waals surface area contributed by atoms with Gasteiger partial charge in [-0.3, -0.25) is 14.4 Å². The van der Waals surface area contributed by atoms with E-state index in [9.17, 15) is 14.4 Å². The molecule has 5 heteroatoms. The number of carbonyl (C=O) groups is 3. The minimum atomic E-state index is -1.03. The molecule has 1 atom stereocenters. The molecule has 1 aliphatic carbocycles. The van der Waals surface area contributed by atoms with Crippen LogP contribution in [0, 0.1) is 11.8 Å². The number of ketones is 1. The molecular formula is C18H22O5. The average Bonchev–Trinajstić information content (AvgIpc) is 2.55. The fourth-order valence-electron chi connectivity index (χ4n) is 2.94. The molecule has 2 rings (SSSR count). The first kappa shape index (κ1) is 17.2. The molecule has 1 aromatic carbocycles. The van der Waals surface area contributed by atoms with Crippen LogP contribution in [0.25, 0.3) is 0 Å². The Labute approximate surface area is 136 Å². The van der Waals surface area contributed by atoms with Crippen LogP contribution in [0.15, 0.2) is 24.3 Å². The van der Waals surface area contributed by atoms with E-state index in [1.807, 2.05) is 18.2 Å². The average molecular weight is 318 g/mol. The number of hydrogen-bond acceptors (Lipinski definition) is 5. The van der Waals surface area contributed by atoms with E-state index < -0.39 is 17.9 Å². The van der Waals surface area contributed by atoms with Crippen LogP contribution in [0.2, 0.25) is 0 Å². The highest BCUT2D eigenvalue weighted by Crippen LogP contribution is 2.30. The van der Waals surface area contributed by atoms with Gasteiger partial charge in [0.1, 0.15) is 0 Å². The quantitative estimate of drug-likeness (QED) is 0.595. The summed E-state index contributed by atoms with van der Waals surface area (Å²) in [7, 11) is 0. The van der Waals surface area contributed by atoms with Crippen LogP contribution in [0.3, 0.4) is 0 Å². The topological polar surface area (TPSA) is 69.7 Å². The summed E-state index contributed by atoms with van der Waals surface area (Å²) in [5.74, 6) is -2.63. The van der Waals surface area contributed by atoms with E-state index in [4.69, 9.17) is 9.47 Å². The lowest BCUT2D eigenvalue weighted by atomic mass is 9.78. The molecule has 0 bridgehead atoms. The Morgan fingerprint density at radius 3 is 2.35 bits per heavy atom. The maximum atomic E-state index is 12.6. The second-order valence-corrected chi connectivity index (χ2v) is 5.55. The molecule has 0 amide bonds. The molecule has 0 aliphatic heterocycles. The zero-order valence-electron chi connectivity index (χ0n) is 13.5. The van der Waals surface area contributed by atoms with Crippen LogP contribution in [0.1, 0.15) is 42.6 Å². The summed E-state index contributed by atoms with van der Waals surface area (Å²) in [6.07, 6.45) is 1.54. The number of esters is 2. The predicted molar refractivity (Wildman–Crippen MR) is 84.0 cm³/mol. The Balaban J connectivity index is 2.15. The first-order valence-corrected chi connectivity index (χ1v) is 8.03. The summed E-state index contributed by atoms with van der Waals surface area (Å²) >= 11 is 0. The largest absolute Gasteiger partial charge is 0.465 e. The summed E-state index contributed by atoms with van der Waals surface area (Å²) in [5, 5.41) is 0. The lowest BCUT2D eigenvalue weighted by Gasteiger charge is -2.25. The molecule has 0 N–H and O–H groups in total. The van der Waals surface area contributed by atoms with Crippen LogP contribution < -0.4 is 0 Å². The molecule has 124 valence electrons. The van der Waals surface area contributed by atoms with Crippen LogP contribution in [0.5, 0.6) is 0 Å². The Morgan fingerprint density at radius 2 is 1.74 bits per heavy atom. The fraction of sp³-hybridized carbons (Fsp3) is 0.500. The third-order valence-electron chi connectivity index (χ3n) is 4.08. The number of ether oxygens (including phenoxy) is 2. The number of aryl methyl sites for hydroxylation is 1. The minimum Gasteiger partial charge on any atom is -0.465 e. The van der Waals surface area contributed by atoms with Crippen molar-refractivity contribution in [3.63, 3.8) is 0 Å². The molecule has 0 fully saturated rings. The highest BCUT2D eigenvalue weighted by atomic mass is 16.6. The van der Waals surface area contributed by atoms with Crippen molar-refractivity contribution in [3.05, 3.63) is 35.4 Å². The molecule has 0 saturated carbocycles. The smallest absolute Gasteiger partial charge is 0.320 e. The van der Waals surface area contributed by atoms with Crippen molar-refractivity contribution in [1.82, 2.24) is 0 Å². The van der Waals surface area contributed by atoms with Gasteiger partial charge in [0.05, 0.1) is 13.2 Å². The molecule has 0 saturated heterocycles. The van der Waals surface area contributed by atoms with Crippen molar-refractivity contribution in [2.45, 2.75) is 33.1 Å². The molecular weight excluding hydrogens is 296 g/mol. The van der Waals surface area contributed by atoms with Gasteiger partial charge in [-0.15, -0.1) is 0 Å². The Kier molecular flexibility index (Phi) is 5.90. The number of hydrogen-bond donors (Lipinski definition) is 0. The molecule has 0 spiro atoms. The normalized spacial score (nSPS) is 16.8. The van der Waals surface area contributed by atoms with Gasteiger partial charge in [-0.05, 0) is 38.7 Å². The number of rotatable bonds is 6. The second kappa shape index (κ2) is 7.90. The van der Waals surface area contributed by atoms with Crippen molar-refractivity contribution < 1.29 is 23.9 Å². The second-order valence-electron chi connectivity index (χ2n) is 5.55. The van der Waals surface area contributed by atoms with Gasteiger partial charge in [0, 0.05) is 11.5 Å². The van der Waals surface area contributed by atoms with E-state index in [1.54, 1.807) is 19.9 Å². The van der Waals surface area contributed by atoms with E-state index in [0.717, 1.165) is 12.0 Å².